The van der Waals surface area contributed by atoms with E-state index in [1.165, 1.54) is 30.6 Å². The zero-order valence-corrected chi connectivity index (χ0v) is 13.6. The van der Waals surface area contributed by atoms with Crippen molar-refractivity contribution >= 4 is 48.9 Å². The van der Waals surface area contributed by atoms with Gasteiger partial charge in [-0.05, 0) is 46.7 Å². The van der Waals surface area contributed by atoms with Gasteiger partial charge in [0.1, 0.15) is 4.21 Å². The predicted molar refractivity (Wildman–Crippen MR) is 76.6 cm³/mol. The lowest BCUT2D eigenvalue weighted by molar-refractivity contribution is 0.447. The second-order valence-corrected chi connectivity index (χ2v) is 9.90. The molecule has 0 bridgehead atoms. The van der Waals surface area contributed by atoms with Crippen LogP contribution >= 0.6 is 38.9 Å². The van der Waals surface area contributed by atoms with E-state index in [1.807, 2.05) is 0 Å². The average Bonchev–Trinajstić information content (AvgIpc) is 2.93. The van der Waals surface area contributed by atoms with Crippen molar-refractivity contribution in [3.05, 3.63) is 14.9 Å². The minimum atomic E-state index is -3.34. The van der Waals surface area contributed by atoms with Gasteiger partial charge in [-0.2, -0.15) is 4.31 Å². The third-order valence-electron chi connectivity index (χ3n) is 3.91. The molecule has 1 aliphatic carbocycles. The fourth-order valence-corrected chi connectivity index (χ4v) is 7.08. The van der Waals surface area contributed by atoms with Gasteiger partial charge in [-0.25, -0.2) is 8.42 Å². The number of rotatable bonds is 2. The maximum Gasteiger partial charge on any atom is 0.252 e. The molecule has 3 rings (SSSR count). The van der Waals surface area contributed by atoms with E-state index < -0.39 is 10.0 Å². The summed E-state index contributed by atoms with van der Waals surface area (Å²) in [7, 11) is -3.34. The Morgan fingerprint density at radius 2 is 1.94 bits per heavy atom. The molecule has 1 aromatic rings. The Balaban J connectivity index is 1.87. The predicted octanol–water partition coefficient (Wildman–Crippen LogP) is 3.58. The van der Waals surface area contributed by atoms with Gasteiger partial charge in [0.2, 0.25) is 0 Å². The Hall–Kier alpha value is 0.380. The number of hydrogen-bond donors (Lipinski definition) is 0. The van der Waals surface area contributed by atoms with Crippen molar-refractivity contribution in [1.82, 2.24) is 4.31 Å². The molecule has 2 heterocycles. The second-order valence-electron chi connectivity index (χ2n) is 4.96. The maximum atomic E-state index is 12.5. The first-order chi connectivity index (χ1) is 8.48. The molecule has 0 N–H and O–H groups in total. The summed E-state index contributed by atoms with van der Waals surface area (Å²) < 4.78 is 27.6. The molecule has 0 aromatic carbocycles. The third-order valence-corrected chi connectivity index (χ3v) is 8.67. The summed E-state index contributed by atoms with van der Waals surface area (Å²) in [5.74, 6) is 1.14. The van der Waals surface area contributed by atoms with E-state index in [-0.39, 0.29) is 0 Å². The summed E-state index contributed by atoms with van der Waals surface area (Å²) in [6.45, 7) is 1.36. The summed E-state index contributed by atoms with van der Waals surface area (Å²) in [4.78, 5) is 0. The van der Waals surface area contributed by atoms with E-state index in [1.54, 1.807) is 10.4 Å². The number of halogens is 2. The Bertz CT molecular complexity index is 540. The number of thiophene rings is 1. The number of nitrogens with zero attached hydrogens (tertiary/aromatic N) is 1. The normalized spacial score (nSPS) is 28.8. The molecule has 1 aliphatic heterocycles. The number of hydrogen-bond acceptors (Lipinski definition) is 3. The highest BCUT2D eigenvalue weighted by Crippen LogP contribution is 2.42. The van der Waals surface area contributed by atoms with Gasteiger partial charge in [-0.15, -0.1) is 11.3 Å². The van der Waals surface area contributed by atoms with Crippen LogP contribution in [0, 0.1) is 11.8 Å². The van der Waals surface area contributed by atoms with Crippen LogP contribution in [0.2, 0.25) is 5.02 Å². The van der Waals surface area contributed by atoms with Gasteiger partial charge in [-0.1, -0.05) is 18.0 Å². The molecule has 1 aromatic heterocycles. The molecule has 0 amide bonds. The van der Waals surface area contributed by atoms with E-state index in [4.69, 9.17) is 11.6 Å². The van der Waals surface area contributed by atoms with Crippen molar-refractivity contribution < 1.29 is 8.42 Å². The monoisotopic (exact) mass is 369 g/mol. The first-order valence-electron chi connectivity index (χ1n) is 5.93. The summed E-state index contributed by atoms with van der Waals surface area (Å²) in [6.07, 6.45) is 3.59. The molecule has 0 spiro atoms. The molecule has 2 unspecified atom stereocenters. The van der Waals surface area contributed by atoms with E-state index in [0.717, 1.165) is 0 Å². The molecule has 100 valence electrons. The second kappa shape index (κ2) is 4.74. The van der Waals surface area contributed by atoms with Crippen LogP contribution in [-0.2, 0) is 10.0 Å². The van der Waals surface area contributed by atoms with Crippen LogP contribution < -0.4 is 0 Å². The minimum Gasteiger partial charge on any atom is -0.206 e. The standard InChI is InChI=1S/C11H13BrClNO2S2/c12-11-9(13)4-10(17-11)18(15,16)14-5-7-2-1-3-8(7)6-14/h4,7-8H,1-3,5-6H2. The molecule has 2 fully saturated rings. The third kappa shape index (κ3) is 2.16. The maximum absolute atomic E-state index is 12.5. The zero-order valence-electron chi connectivity index (χ0n) is 9.60. The highest BCUT2D eigenvalue weighted by Gasteiger charge is 2.41. The zero-order chi connectivity index (χ0) is 12.9. The largest absolute Gasteiger partial charge is 0.252 e. The van der Waals surface area contributed by atoms with Crippen molar-refractivity contribution in [2.45, 2.75) is 23.5 Å². The molecular weight excluding hydrogens is 358 g/mol. The number of sulfonamides is 1. The molecule has 1 saturated heterocycles. The molecule has 3 nitrogen and oxygen atoms in total. The smallest absolute Gasteiger partial charge is 0.206 e. The van der Waals surface area contributed by atoms with Gasteiger partial charge in [0.25, 0.3) is 10.0 Å². The van der Waals surface area contributed by atoms with Crippen LogP contribution in [0.1, 0.15) is 19.3 Å². The Kier molecular flexibility index (Phi) is 3.52. The van der Waals surface area contributed by atoms with Crippen LogP contribution in [-0.4, -0.2) is 25.8 Å². The molecule has 2 atom stereocenters. The fraction of sp³-hybridized carbons (Fsp3) is 0.636. The SMILES string of the molecule is O=S(=O)(c1cc(Cl)c(Br)s1)N1CC2CCCC2C1. The summed E-state index contributed by atoms with van der Waals surface area (Å²) >= 11 is 10.4. The highest BCUT2D eigenvalue weighted by molar-refractivity contribution is 9.11. The van der Waals surface area contributed by atoms with Crippen molar-refractivity contribution in [3.8, 4) is 0 Å². The van der Waals surface area contributed by atoms with Crippen molar-refractivity contribution in [3.63, 3.8) is 0 Å². The van der Waals surface area contributed by atoms with Gasteiger partial charge in [-0.3, -0.25) is 0 Å². The van der Waals surface area contributed by atoms with Crippen LogP contribution in [0.4, 0.5) is 0 Å². The number of fused-ring (bicyclic) bond motifs is 1. The van der Waals surface area contributed by atoms with Crippen molar-refractivity contribution in [1.29, 1.82) is 0 Å². The van der Waals surface area contributed by atoms with Crippen molar-refractivity contribution in [2.24, 2.45) is 11.8 Å². The Labute approximate surface area is 124 Å². The summed E-state index contributed by atoms with van der Waals surface area (Å²) in [5, 5.41) is 0.470. The lowest BCUT2D eigenvalue weighted by atomic mass is 10.0. The van der Waals surface area contributed by atoms with E-state index in [0.29, 0.717) is 37.9 Å². The van der Waals surface area contributed by atoms with E-state index in [9.17, 15) is 8.42 Å². The van der Waals surface area contributed by atoms with E-state index in [2.05, 4.69) is 15.9 Å². The summed E-state index contributed by atoms with van der Waals surface area (Å²) in [5.41, 5.74) is 0. The fourth-order valence-electron chi connectivity index (χ4n) is 2.97. The minimum absolute atomic E-state index is 0.347. The van der Waals surface area contributed by atoms with Crippen LogP contribution in [0.5, 0.6) is 0 Å². The highest BCUT2D eigenvalue weighted by atomic mass is 79.9. The topological polar surface area (TPSA) is 37.4 Å². The first kappa shape index (κ1) is 13.4. The first-order valence-corrected chi connectivity index (χ1v) is 9.36. The molecule has 2 aliphatic rings. The average molecular weight is 371 g/mol. The Morgan fingerprint density at radius 3 is 2.44 bits per heavy atom. The van der Waals surface area contributed by atoms with Gasteiger partial charge >= 0.3 is 0 Å². The van der Waals surface area contributed by atoms with Gasteiger partial charge in [0.15, 0.2) is 0 Å². The quantitative estimate of drug-likeness (QED) is 0.798. The van der Waals surface area contributed by atoms with Crippen LogP contribution in [0.15, 0.2) is 14.1 Å². The summed E-state index contributed by atoms with van der Waals surface area (Å²) in [6, 6.07) is 1.54. The molecule has 1 saturated carbocycles. The Morgan fingerprint density at radius 1 is 1.33 bits per heavy atom. The van der Waals surface area contributed by atoms with E-state index >= 15 is 0 Å². The van der Waals surface area contributed by atoms with Crippen molar-refractivity contribution in [2.75, 3.05) is 13.1 Å². The molecule has 18 heavy (non-hydrogen) atoms. The van der Waals surface area contributed by atoms with Crippen LogP contribution in [0.3, 0.4) is 0 Å². The molecule has 0 radical (unpaired) electrons. The molecular formula is C11H13BrClNO2S2. The van der Waals surface area contributed by atoms with Crippen LogP contribution in [0.25, 0.3) is 0 Å². The van der Waals surface area contributed by atoms with Gasteiger partial charge in [0, 0.05) is 13.1 Å². The lowest BCUT2D eigenvalue weighted by Crippen LogP contribution is -2.29. The van der Waals surface area contributed by atoms with Gasteiger partial charge in [0.05, 0.1) is 8.81 Å². The molecule has 7 heteroatoms. The lowest BCUT2D eigenvalue weighted by Gasteiger charge is -2.15. The van der Waals surface area contributed by atoms with Gasteiger partial charge < -0.3 is 0 Å².